The fourth-order valence-corrected chi connectivity index (χ4v) is 3.15. The fourth-order valence-electron chi connectivity index (χ4n) is 2.33. The second-order valence-electron chi connectivity index (χ2n) is 4.67. The quantitative estimate of drug-likeness (QED) is 0.936. The van der Waals surface area contributed by atoms with Crippen molar-refractivity contribution in [2.75, 3.05) is 18.4 Å². The summed E-state index contributed by atoms with van der Waals surface area (Å²) < 4.78 is 0. The maximum atomic E-state index is 12.4. The van der Waals surface area contributed by atoms with E-state index in [-0.39, 0.29) is 5.91 Å². The highest BCUT2D eigenvalue weighted by Crippen LogP contribution is 2.22. The number of nitrogens with one attached hydrogen (secondary N) is 1. The minimum Gasteiger partial charge on any atom is -0.360 e. The summed E-state index contributed by atoms with van der Waals surface area (Å²) in [5.74, 6) is 0.0899. The monoisotopic (exact) mass is 288 g/mol. The van der Waals surface area contributed by atoms with Crippen molar-refractivity contribution in [1.29, 1.82) is 0 Å². The molecule has 0 atom stereocenters. The lowest BCUT2D eigenvalue weighted by molar-refractivity contribution is 0.0726. The summed E-state index contributed by atoms with van der Waals surface area (Å²) in [4.78, 5) is 14.3. The van der Waals surface area contributed by atoms with Crippen LogP contribution >= 0.6 is 11.3 Å². The Hall–Kier alpha value is -1.95. The predicted octanol–water partition coefficient (Wildman–Crippen LogP) is 2.17. The number of nitrogens with zero attached hydrogens (tertiary/aromatic N) is 3. The first-order valence-corrected chi connectivity index (χ1v) is 7.53. The van der Waals surface area contributed by atoms with Crippen LogP contribution in [0.2, 0.25) is 0 Å². The molecule has 1 aliphatic rings. The molecule has 20 heavy (non-hydrogen) atoms. The molecule has 2 aromatic rings. The Bertz CT molecular complexity index is 625. The lowest BCUT2D eigenvalue weighted by atomic mass is 9.99. The smallest absolute Gasteiger partial charge is 0.254 e. The van der Waals surface area contributed by atoms with Gasteiger partial charge < -0.3 is 10.2 Å². The number of hydrogen-bond donors (Lipinski definition) is 1. The molecular weight excluding hydrogens is 272 g/mol. The molecule has 0 radical (unpaired) electrons. The second kappa shape index (κ2) is 5.58. The molecule has 5 nitrogen and oxygen atoms in total. The van der Waals surface area contributed by atoms with Gasteiger partial charge in [0, 0.05) is 18.7 Å². The third-order valence-electron chi connectivity index (χ3n) is 3.31. The van der Waals surface area contributed by atoms with Gasteiger partial charge in [-0.05, 0) is 25.0 Å². The molecule has 0 spiro atoms. The van der Waals surface area contributed by atoms with Crippen LogP contribution in [-0.2, 0) is 13.0 Å². The number of benzene rings is 1. The Balaban J connectivity index is 1.74. The average molecular weight is 288 g/mol. The number of rotatable bonds is 4. The molecule has 6 heteroatoms. The lowest BCUT2D eigenvalue weighted by Gasteiger charge is -2.27. The van der Waals surface area contributed by atoms with Gasteiger partial charge >= 0.3 is 0 Å². The second-order valence-corrected chi connectivity index (χ2v) is 5.73. The van der Waals surface area contributed by atoms with Crippen molar-refractivity contribution in [3.05, 3.63) is 40.4 Å². The van der Waals surface area contributed by atoms with Crippen LogP contribution in [0.5, 0.6) is 0 Å². The van der Waals surface area contributed by atoms with E-state index in [1.807, 2.05) is 36.1 Å². The lowest BCUT2D eigenvalue weighted by Crippen LogP contribution is -2.36. The topological polar surface area (TPSA) is 58.1 Å². The van der Waals surface area contributed by atoms with Crippen LogP contribution in [0, 0.1) is 0 Å². The van der Waals surface area contributed by atoms with Crippen LogP contribution < -0.4 is 5.32 Å². The minimum atomic E-state index is 0.0899. The van der Waals surface area contributed by atoms with Crippen molar-refractivity contribution in [3.63, 3.8) is 0 Å². The summed E-state index contributed by atoms with van der Waals surface area (Å²) in [5, 5.41) is 13.0. The molecule has 3 rings (SSSR count). The van der Waals surface area contributed by atoms with E-state index in [2.05, 4.69) is 15.5 Å². The zero-order chi connectivity index (χ0) is 13.9. The van der Waals surface area contributed by atoms with Gasteiger partial charge in [-0.25, -0.2) is 0 Å². The van der Waals surface area contributed by atoms with Crippen molar-refractivity contribution < 1.29 is 4.79 Å². The average Bonchev–Trinajstić information content (AvgIpc) is 2.90. The molecule has 2 heterocycles. The molecule has 1 amide bonds. The van der Waals surface area contributed by atoms with Crippen molar-refractivity contribution in [2.24, 2.45) is 0 Å². The maximum absolute atomic E-state index is 12.4. The fraction of sp³-hybridized carbons (Fsp3) is 0.357. The molecule has 0 aliphatic carbocycles. The molecule has 0 saturated heterocycles. The van der Waals surface area contributed by atoms with E-state index in [4.69, 9.17) is 0 Å². The molecule has 1 N–H and O–H groups in total. The van der Waals surface area contributed by atoms with Crippen LogP contribution in [0.15, 0.2) is 24.3 Å². The van der Waals surface area contributed by atoms with Gasteiger partial charge in [0.15, 0.2) is 0 Å². The molecule has 0 saturated carbocycles. The predicted molar refractivity (Wildman–Crippen MR) is 79.0 cm³/mol. The van der Waals surface area contributed by atoms with Crippen molar-refractivity contribution >= 4 is 22.4 Å². The Morgan fingerprint density at radius 1 is 1.35 bits per heavy atom. The summed E-state index contributed by atoms with van der Waals surface area (Å²) >= 11 is 1.51. The highest BCUT2D eigenvalue weighted by atomic mass is 32.1. The van der Waals surface area contributed by atoms with Gasteiger partial charge in [0.05, 0.1) is 6.54 Å². The zero-order valence-electron chi connectivity index (χ0n) is 11.3. The summed E-state index contributed by atoms with van der Waals surface area (Å²) in [6.07, 6.45) is 0.904. The highest BCUT2D eigenvalue weighted by molar-refractivity contribution is 7.15. The van der Waals surface area contributed by atoms with E-state index in [1.165, 1.54) is 11.3 Å². The van der Waals surface area contributed by atoms with Gasteiger partial charge in [0.1, 0.15) is 5.01 Å². The Morgan fingerprint density at radius 2 is 2.20 bits per heavy atom. The standard InChI is InChI=1S/C14H16N4OS/c1-2-15-14-17-16-12(20-14)9-18-8-7-10-5-3-4-6-11(10)13(18)19/h3-6H,2,7-9H2,1H3,(H,15,17). The Morgan fingerprint density at radius 3 is 3.05 bits per heavy atom. The minimum absolute atomic E-state index is 0.0899. The molecule has 0 bridgehead atoms. The highest BCUT2D eigenvalue weighted by Gasteiger charge is 2.24. The largest absolute Gasteiger partial charge is 0.360 e. The number of carbonyl (C=O) groups excluding carboxylic acids is 1. The van der Waals surface area contributed by atoms with Crippen molar-refractivity contribution in [2.45, 2.75) is 19.9 Å². The third kappa shape index (κ3) is 2.51. The Labute approximate surface area is 121 Å². The van der Waals surface area contributed by atoms with Crippen LogP contribution in [0.25, 0.3) is 0 Å². The SMILES string of the molecule is CCNc1nnc(CN2CCc3ccccc3C2=O)s1. The Kier molecular flexibility index (Phi) is 3.64. The van der Waals surface area contributed by atoms with Gasteiger partial charge in [-0.3, -0.25) is 4.79 Å². The molecule has 1 aromatic carbocycles. The third-order valence-corrected chi connectivity index (χ3v) is 4.17. The van der Waals surface area contributed by atoms with Gasteiger partial charge in [-0.1, -0.05) is 29.5 Å². The molecule has 1 aliphatic heterocycles. The molecule has 104 valence electrons. The first kappa shape index (κ1) is 13.1. The molecule has 0 unspecified atom stereocenters. The molecular formula is C14H16N4OS. The van der Waals surface area contributed by atoms with E-state index in [0.717, 1.165) is 40.8 Å². The summed E-state index contributed by atoms with van der Waals surface area (Å²) in [5.41, 5.74) is 1.95. The molecule has 0 fully saturated rings. The zero-order valence-corrected chi connectivity index (χ0v) is 12.1. The number of fused-ring (bicyclic) bond motifs is 1. The van der Waals surface area contributed by atoms with Crippen LogP contribution in [-0.4, -0.2) is 34.1 Å². The van der Waals surface area contributed by atoms with Gasteiger partial charge in [-0.15, -0.1) is 10.2 Å². The normalized spacial score (nSPS) is 14.2. The first-order chi connectivity index (χ1) is 9.78. The number of carbonyl (C=O) groups is 1. The van der Waals surface area contributed by atoms with E-state index in [9.17, 15) is 4.79 Å². The number of anilines is 1. The summed E-state index contributed by atoms with van der Waals surface area (Å²) in [6.45, 7) is 4.12. The number of aromatic nitrogens is 2. The molecule has 1 aromatic heterocycles. The first-order valence-electron chi connectivity index (χ1n) is 6.71. The maximum Gasteiger partial charge on any atom is 0.254 e. The van der Waals surface area contributed by atoms with E-state index < -0.39 is 0 Å². The van der Waals surface area contributed by atoms with Crippen molar-refractivity contribution in [1.82, 2.24) is 15.1 Å². The van der Waals surface area contributed by atoms with E-state index in [1.54, 1.807) is 0 Å². The van der Waals surface area contributed by atoms with E-state index in [0.29, 0.717) is 6.54 Å². The van der Waals surface area contributed by atoms with Gasteiger partial charge in [0.25, 0.3) is 5.91 Å². The van der Waals surface area contributed by atoms with Crippen molar-refractivity contribution in [3.8, 4) is 0 Å². The van der Waals surface area contributed by atoms with Gasteiger partial charge in [-0.2, -0.15) is 0 Å². The van der Waals surface area contributed by atoms with E-state index >= 15 is 0 Å². The van der Waals surface area contributed by atoms with Crippen LogP contribution in [0.1, 0.15) is 27.9 Å². The van der Waals surface area contributed by atoms with Gasteiger partial charge in [0.2, 0.25) is 5.13 Å². The summed E-state index contributed by atoms with van der Waals surface area (Å²) in [6, 6.07) is 7.82. The number of hydrogen-bond acceptors (Lipinski definition) is 5. The number of amides is 1. The summed E-state index contributed by atoms with van der Waals surface area (Å²) in [7, 11) is 0. The van der Waals surface area contributed by atoms with Crippen LogP contribution in [0.3, 0.4) is 0 Å². The van der Waals surface area contributed by atoms with Crippen LogP contribution in [0.4, 0.5) is 5.13 Å².